The molecule has 0 spiro atoms. The minimum absolute atomic E-state index is 0.0735. The van der Waals surface area contributed by atoms with Gasteiger partial charge in [-0.05, 0) is 37.9 Å². The summed E-state index contributed by atoms with van der Waals surface area (Å²) in [6.45, 7) is 2.35. The maximum absolute atomic E-state index is 12.1. The minimum Gasteiger partial charge on any atom is -0.348 e. The van der Waals surface area contributed by atoms with E-state index in [1.165, 1.54) is 19.4 Å². The maximum atomic E-state index is 12.1. The SMILES string of the molecule is O=C(NC1CCN2CCCC12)c1ccccc1. The fourth-order valence-corrected chi connectivity index (χ4v) is 3.09. The number of rotatable bonds is 2. The summed E-state index contributed by atoms with van der Waals surface area (Å²) in [5.74, 6) is 0.0735. The van der Waals surface area contributed by atoms with Crippen LogP contribution in [0, 0.1) is 0 Å². The van der Waals surface area contributed by atoms with Crippen LogP contribution < -0.4 is 5.32 Å². The van der Waals surface area contributed by atoms with Gasteiger partial charge in [-0.3, -0.25) is 9.69 Å². The summed E-state index contributed by atoms with van der Waals surface area (Å²) in [5.41, 5.74) is 0.768. The van der Waals surface area contributed by atoms with Gasteiger partial charge >= 0.3 is 0 Å². The third kappa shape index (κ3) is 2.07. The molecule has 3 heteroatoms. The highest BCUT2D eigenvalue weighted by molar-refractivity contribution is 5.94. The fourth-order valence-electron chi connectivity index (χ4n) is 3.09. The molecule has 17 heavy (non-hydrogen) atoms. The van der Waals surface area contributed by atoms with E-state index in [2.05, 4.69) is 10.2 Å². The number of fused-ring (bicyclic) bond motifs is 1. The molecule has 0 aromatic heterocycles. The van der Waals surface area contributed by atoms with Crippen molar-refractivity contribution in [3.63, 3.8) is 0 Å². The number of amides is 1. The Morgan fingerprint density at radius 1 is 1.18 bits per heavy atom. The van der Waals surface area contributed by atoms with Crippen molar-refractivity contribution in [3.8, 4) is 0 Å². The van der Waals surface area contributed by atoms with Crippen LogP contribution in [0.4, 0.5) is 0 Å². The Bertz CT molecular complexity index is 404. The summed E-state index contributed by atoms with van der Waals surface area (Å²) in [6.07, 6.45) is 3.62. The third-order valence-electron chi connectivity index (χ3n) is 3.96. The molecule has 0 radical (unpaired) electrons. The third-order valence-corrected chi connectivity index (χ3v) is 3.96. The molecule has 2 unspecified atom stereocenters. The van der Waals surface area contributed by atoms with Crippen LogP contribution >= 0.6 is 0 Å². The molecule has 1 aromatic rings. The lowest BCUT2D eigenvalue weighted by atomic mass is 10.1. The summed E-state index contributed by atoms with van der Waals surface area (Å²) in [6, 6.07) is 10.4. The maximum Gasteiger partial charge on any atom is 0.251 e. The Kier molecular flexibility index (Phi) is 2.85. The van der Waals surface area contributed by atoms with Crippen molar-refractivity contribution < 1.29 is 4.79 Å². The molecule has 3 rings (SSSR count). The van der Waals surface area contributed by atoms with Gasteiger partial charge in [-0.1, -0.05) is 18.2 Å². The van der Waals surface area contributed by atoms with Crippen LogP contribution in [0.15, 0.2) is 30.3 Å². The second-order valence-electron chi connectivity index (χ2n) is 4.98. The average molecular weight is 230 g/mol. The lowest BCUT2D eigenvalue weighted by Gasteiger charge is -2.21. The van der Waals surface area contributed by atoms with Crippen LogP contribution in [0.5, 0.6) is 0 Å². The van der Waals surface area contributed by atoms with E-state index >= 15 is 0 Å². The monoisotopic (exact) mass is 230 g/mol. The van der Waals surface area contributed by atoms with E-state index in [-0.39, 0.29) is 5.91 Å². The smallest absolute Gasteiger partial charge is 0.251 e. The summed E-state index contributed by atoms with van der Waals surface area (Å²) < 4.78 is 0. The average Bonchev–Trinajstić information content (AvgIpc) is 2.95. The predicted octanol–water partition coefficient (Wildman–Crippen LogP) is 1.65. The molecular weight excluding hydrogens is 212 g/mol. The second kappa shape index (κ2) is 4.49. The molecule has 0 bridgehead atoms. The Labute approximate surface area is 102 Å². The summed E-state index contributed by atoms with van der Waals surface area (Å²) in [5, 5.41) is 3.19. The molecular formula is C14H18N2O. The standard InChI is InChI=1S/C14H18N2O/c17-14(11-5-2-1-3-6-11)15-12-8-10-16-9-4-7-13(12)16/h1-3,5-6,12-13H,4,7-10H2,(H,15,17). The molecule has 1 N–H and O–H groups in total. The van der Waals surface area contributed by atoms with Crippen molar-refractivity contribution in [1.29, 1.82) is 0 Å². The quantitative estimate of drug-likeness (QED) is 0.838. The molecule has 3 nitrogen and oxygen atoms in total. The molecule has 2 aliphatic heterocycles. The number of nitrogens with zero attached hydrogens (tertiary/aromatic N) is 1. The summed E-state index contributed by atoms with van der Waals surface area (Å²) >= 11 is 0. The van der Waals surface area contributed by atoms with Gasteiger partial charge in [-0.2, -0.15) is 0 Å². The number of hydrogen-bond donors (Lipinski definition) is 1. The molecule has 2 aliphatic rings. The van der Waals surface area contributed by atoms with Crippen molar-refractivity contribution in [3.05, 3.63) is 35.9 Å². The predicted molar refractivity (Wildman–Crippen MR) is 66.9 cm³/mol. The molecule has 90 valence electrons. The molecule has 0 saturated carbocycles. The number of nitrogens with one attached hydrogen (secondary N) is 1. The van der Waals surface area contributed by atoms with Gasteiger partial charge in [0.15, 0.2) is 0 Å². The van der Waals surface area contributed by atoms with Gasteiger partial charge in [-0.15, -0.1) is 0 Å². The zero-order chi connectivity index (χ0) is 11.7. The van der Waals surface area contributed by atoms with E-state index in [1.807, 2.05) is 30.3 Å². The van der Waals surface area contributed by atoms with Crippen molar-refractivity contribution >= 4 is 5.91 Å². The van der Waals surface area contributed by atoms with Gasteiger partial charge in [-0.25, -0.2) is 0 Å². The second-order valence-corrected chi connectivity index (χ2v) is 4.98. The van der Waals surface area contributed by atoms with Gasteiger partial charge < -0.3 is 5.32 Å². The number of carbonyl (C=O) groups excluding carboxylic acids is 1. The topological polar surface area (TPSA) is 32.3 Å². The molecule has 2 fully saturated rings. The zero-order valence-corrected chi connectivity index (χ0v) is 9.93. The molecule has 2 heterocycles. The largest absolute Gasteiger partial charge is 0.348 e. The highest BCUT2D eigenvalue weighted by Crippen LogP contribution is 2.27. The van der Waals surface area contributed by atoms with Gasteiger partial charge in [0.1, 0.15) is 0 Å². The van der Waals surface area contributed by atoms with Gasteiger partial charge in [0.05, 0.1) is 0 Å². The van der Waals surface area contributed by atoms with E-state index in [4.69, 9.17) is 0 Å². The molecule has 2 atom stereocenters. The summed E-state index contributed by atoms with van der Waals surface area (Å²) in [4.78, 5) is 14.6. The normalized spacial score (nSPS) is 28.0. The number of benzene rings is 1. The van der Waals surface area contributed by atoms with Gasteiger partial charge in [0.25, 0.3) is 5.91 Å². The van der Waals surface area contributed by atoms with Crippen LogP contribution in [0.1, 0.15) is 29.6 Å². The Morgan fingerprint density at radius 2 is 2.00 bits per heavy atom. The highest BCUT2D eigenvalue weighted by Gasteiger charge is 2.37. The Balaban J connectivity index is 1.66. The van der Waals surface area contributed by atoms with E-state index in [0.29, 0.717) is 12.1 Å². The molecule has 2 saturated heterocycles. The van der Waals surface area contributed by atoms with E-state index < -0.39 is 0 Å². The molecule has 1 aromatic carbocycles. The number of carbonyl (C=O) groups is 1. The van der Waals surface area contributed by atoms with Crippen molar-refractivity contribution in [2.45, 2.75) is 31.3 Å². The van der Waals surface area contributed by atoms with Crippen molar-refractivity contribution in [1.82, 2.24) is 10.2 Å². The molecule has 1 amide bonds. The van der Waals surface area contributed by atoms with Crippen LogP contribution in [-0.2, 0) is 0 Å². The number of hydrogen-bond acceptors (Lipinski definition) is 2. The van der Waals surface area contributed by atoms with E-state index in [1.54, 1.807) is 0 Å². The first kappa shape index (κ1) is 10.8. The molecule has 0 aliphatic carbocycles. The van der Waals surface area contributed by atoms with Gasteiger partial charge in [0.2, 0.25) is 0 Å². The Morgan fingerprint density at radius 3 is 2.82 bits per heavy atom. The zero-order valence-electron chi connectivity index (χ0n) is 9.93. The van der Waals surface area contributed by atoms with Crippen LogP contribution in [0.25, 0.3) is 0 Å². The first-order valence-corrected chi connectivity index (χ1v) is 6.44. The lowest BCUT2D eigenvalue weighted by Crippen LogP contribution is -2.42. The van der Waals surface area contributed by atoms with E-state index in [0.717, 1.165) is 18.5 Å². The first-order chi connectivity index (χ1) is 8.34. The summed E-state index contributed by atoms with van der Waals surface area (Å²) in [7, 11) is 0. The first-order valence-electron chi connectivity index (χ1n) is 6.44. The fraction of sp³-hybridized carbons (Fsp3) is 0.500. The van der Waals surface area contributed by atoms with Crippen LogP contribution in [0.2, 0.25) is 0 Å². The van der Waals surface area contributed by atoms with Gasteiger partial charge in [0, 0.05) is 24.2 Å². The van der Waals surface area contributed by atoms with Crippen LogP contribution in [0.3, 0.4) is 0 Å². The lowest BCUT2D eigenvalue weighted by molar-refractivity contribution is 0.0929. The highest BCUT2D eigenvalue weighted by atomic mass is 16.1. The Hall–Kier alpha value is -1.35. The van der Waals surface area contributed by atoms with Crippen molar-refractivity contribution in [2.24, 2.45) is 0 Å². The van der Waals surface area contributed by atoms with Crippen LogP contribution in [-0.4, -0.2) is 36.0 Å². The van der Waals surface area contributed by atoms with E-state index in [9.17, 15) is 4.79 Å². The van der Waals surface area contributed by atoms with Crippen molar-refractivity contribution in [2.75, 3.05) is 13.1 Å². The minimum atomic E-state index is 0.0735.